The average Bonchev–Trinajstić information content (AvgIpc) is 2.84. The Morgan fingerprint density at radius 3 is 2.87 bits per heavy atom. The van der Waals surface area contributed by atoms with Crippen molar-refractivity contribution in [2.24, 2.45) is 17.3 Å². The molecule has 3 aliphatic rings. The van der Waals surface area contributed by atoms with E-state index >= 15 is 0 Å². The van der Waals surface area contributed by atoms with Gasteiger partial charge in [0, 0.05) is 0 Å². The monoisotopic (exact) mass is 314 g/mol. The molecular formula is C20H26O3. The molecule has 3 nitrogen and oxygen atoms in total. The molecule has 0 aromatic heterocycles. The predicted molar refractivity (Wildman–Crippen MR) is 90.6 cm³/mol. The van der Waals surface area contributed by atoms with Crippen molar-refractivity contribution in [3.05, 3.63) is 29.3 Å². The molecular weight excluding hydrogens is 288 g/mol. The molecule has 3 heteroatoms. The van der Waals surface area contributed by atoms with Crippen molar-refractivity contribution in [1.29, 1.82) is 0 Å². The Balaban J connectivity index is 1.73. The molecule has 2 N–H and O–H groups in total. The van der Waals surface area contributed by atoms with Gasteiger partial charge < -0.3 is 14.9 Å². The molecule has 4 rings (SSSR count). The average molecular weight is 314 g/mol. The second-order valence-corrected chi connectivity index (χ2v) is 7.67. The highest BCUT2D eigenvalue weighted by Crippen LogP contribution is 2.60. The molecule has 2 fully saturated rings. The molecule has 1 aromatic carbocycles. The summed E-state index contributed by atoms with van der Waals surface area (Å²) >= 11 is 0. The highest BCUT2D eigenvalue weighted by molar-refractivity contribution is 5.64. The van der Waals surface area contributed by atoms with E-state index in [9.17, 15) is 10.2 Å². The van der Waals surface area contributed by atoms with E-state index in [1.807, 2.05) is 19.1 Å². The van der Waals surface area contributed by atoms with Gasteiger partial charge in [-0.15, -0.1) is 0 Å². The maximum atomic E-state index is 10.4. The Labute approximate surface area is 138 Å². The Morgan fingerprint density at radius 1 is 1.26 bits per heavy atom. The fourth-order valence-electron chi connectivity index (χ4n) is 5.35. The zero-order valence-electron chi connectivity index (χ0n) is 14.0. The van der Waals surface area contributed by atoms with Gasteiger partial charge in [-0.25, -0.2) is 0 Å². The van der Waals surface area contributed by atoms with E-state index in [2.05, 4.69) is 19.1 Å². The van der Waals surface area contributed by atoms with Crippen LogP contribution in [0.15, 0.2) is 18.2 Å². The number of aromatic hydroxyl groups is 1. The summed E-state index contributed by atoms with van der Waals surface area (Å²) in [5.41, 5.74) is 2.50. The van der Waals surface area contributed by atoms with Crippen LogP contribution in [0.3, 0.4) is 0 Å². The molecule has 0 radical (unpaired) electrons. The van der Waals surface area contributed by atoms with Gasteiger partial charge in [0.25, 0.3) is 0 Å². The zero-order valence-corrected chi connectivity index (χ0v) is 14.0. The maximum absolute atomic E-state index is 10.4. The topological polar surface area (TPSA) is 49.7 Å². The summed E-state index contributed by atoms with van der Waals surface area (Å²) < 4.78 is 5.59. The zero-order chi connectivity index (χ0) is 16.2. The van der Waals surface area contributed by atoms with Gasteiger partial charge in [-0.1, -0.05) is 19.1 Å². The van der Waals surface area contributed by atoms with E-state index in [4.69, 9.17) is 4.74 Å². The van der Waals surface area contributed by atoms with Crippen molar-refractivity contribution < 1.29 is 14.9 Å². The number of hydrogen-bond donors (Lipinski definition) is 2. The highest BCUT2D eigenvalue weighted by atomic mass is 16.5. The molecule has 0 amide bonds. The van der Waals surface area contributed by atoms with Crippen LogP contribution < -0.4 is 4.74 Å². The third-order valence-electron chi connectivity index (χ3n) is 6.64. The number of aliphatic hydroxyl groups is 1. The lowest BCUT2D eigenvalue weighted by Crippen LogP contribution is -2.42. The number of hydrogen-bond acceptors (Lipinski definition) is 3. The van der Waals surface area contributed by atoms with Crippen molar-refractivity contribution in [2.45, 2.75) is 51.6 Å². The standard InChI is InChI=1S/C20H26O3/c1-3-23-18-11-15-12(10-17(18)21)4-5-14-13(15)8-9-20(2)16(14)6-7-19(20)22/h4-5,10-11,13-14,16,19,21-22H,3,6-9H2,1-2H3. The molecule has 0 bridgehead atoms. The van der Waals surface area contributed by atoms with Crippen LogP contribution in [0.5, 0.6) is 11.5 Å². The summed E-state index contributed by atoms with van der Waals surface area (Å²) in [6.45, 7) is 4.77. The minimum atomic E-state index is -0.151. The third kappa shape index (κ3) is 2.13. The van der Waals surface area contributed by atoms with Crippen LogP contribution in [0.2, 0.25) is 0 Å². The minimum absolute atomic E-state index is 0.0721. The van der Waals surface area contributed by atoms with Gasteiger partial charge in [-0.3, -0.25) is 0 Å². The normalized spacial score (nSPS) is 37.9. The first-order chi connectivity index (χ1) is 11.0. The number of fused-ring (bicyclic) bond motifs is 5. The quantitative estimate of drug-likeness (QED) is 0.864. The summed E-state index contributed by atoms with van der Waals surface area (Å²) in [5.74, 6) is 2.37. The molecule has 2 saturated carbocycles. The second-order valence-electron chi connectivity index (χ2n) is 7.67. The molecule has 5 unspecified atom stereocenters. The summed E-state index contributed by atoms with van der Waals surface area (Å²) in [5, 5.41) is 20.6. The molecule has 3 aliphatic carbocycles. The van der Waals surface area contributed by atoms with Crippen molar-refractivity contribution in [3.8, 4) is 11.5 Å². The van der Waals surface area contributed by atoms with Crippen molar-refractivity contribution >= 4 is 6.08 Å². The molecule has 23 heavy (non-hydrogen) atoms. The number of ether oxygens (including phenoxy) is 1. The van der Waals surface area contributed by atoms with Crippen LogP contribution in [0.25, 0.3) is 6.08 Å². The number of benzene rings is 1. The van der Waals surface area contributed by atoms with Crippen LogP contribution in [-0.2, 0) is 0 Å². The summed E-state index contributed by atoms with van der Waals surface area (Å²) in [4.78, 5) is 0. The van der Waals surface area contributed by atoms with E-state index in [0.717, 1.165) is 31.2 Å². The third-order valence-corrected chi connectivity index (χ3v) is 6.64. The Hall–Kier alpha value is -1.48. The van der Waals surface area contributed by atoms with Crippen LogP contribution >= 0.6 is 0 Å². The maximum Gasteiger partial charge on any atom is 0.161 e. The second kappa shape index (κ2) is 5.27. The van der Waals surface area contributed by atoms with Gasteiger partial charge in [-0.2, -0.15) is 0 Å². The van der Waals surface area contributed by atoms with E-state index in [0.29, 0.717) is 30.1 Å². The highest BCUT2D eigenvalue weighted by Gasteiger charge is 2.53. The molecule has 0 heterocycles. The minimum Gasteiger partial charge on any atom is -0.504 e. The van der Waals surface area contributed by atoms with Crippen molar-refractivity contribution in [1.82, 2.24) is 0 Å². The first kappa shape index (κ1) is 15.1. The van der Waals surface area contributed by atoms with E-state index in [1.54, 1.807) is 0 Å². The summed E-state index contributed by atoms with van der Waals surface area (Å²) in [6, 6.07) is 3.88. The van der Waals surface area contributed by atoms with Gasteiger partial charge >= 0.3 is 0 Å². The lowest BCUT2D eigenvalue weighted by molar-refractivity contribution is -0.00799. The lowest BCUT2D eigenvalue weighted by Gasteiger charge is -2.48. The fourth-order valence-corrected chi connectivity index (χ4v) is 5.35. The fraction of sp³-hybridized carbons (Fsp3) is 0.600. The molecule has 0 spiro atoms. The van der Waals surface area contributed by atoms with Crippen molar-refractivity contribution in [2.75, 3.05) is 6.61 Å². The van der Waals surface area contributed by atoms with Gasteiger partial charge in [0.05, 0.1) is 12.7 Å². The van der Waals surface area contributed by atoms with Gasteiger partial charge in [-0.05, 0) is 79.0 Å². The van der Waals surface area contributed by atoms with Gasteiger partial charge in [0.1, 0.15) is 0 Å². The van der Waals surface area contributed by atoms with E-state index in [1.165, 1.54) is 5.56 Å². The Bertz CT molecular complexity index is 651. The van der Waals surface area contributed by atoms with Gasteiger partial charge in [0.2, 0.25) is 0 Å². The summed E-state index contributed by atoms with van der Waals surface area (Å²) in [6.07, 6.45) is 8.57. The van der Waals surface area contributed by atoms with Gasteiger partial charge in [0.15, 0.2) is 11.5 Å². The SMILES string of the molecule is CCOc1cc2c(cc1O)C=CC1C2CCC2(C)C(O)CCC12. The number of rotatable bonds is 2. The molecule has 0 aliphatic heterocycles. The van der Waals surface area contributed by atoms with Crippen LogP contribution in [0.4, 0.5) is 0 Å². The first-order valence-corrected chi connectivity index (χ1v) is 8.90. The smallest absolute Gasteiger partial charge is 0.161 e. The van der Waals surface area contributed by atoms with Crippen LogP contribution in [0.1, 0.15) is 56.6 Å². The number of aliphatic hydroxyl groups excluding tert-OH is 1. The van der Waals surface area contributed by atoms with E-state index in [-0.39, 0.29) is 17.3 Å². The Kier molecular flexibility index (Phi) is 3.45. The van der Waals surface area contributed by atoms with Crippen LogP contribution in [-0.4, -0.2) is 22.9 Å². The number of allylic oxidation sites excluding steroid dienone is 1. The molecule has 5 atom stereocenters. The van der Waals surface area contributed by atoms with Crippen LogP contribution in [0, 0.1) is 17.3 Å². The largest absolute Gasteiger partial charge is 0.504 e. The lowest BCUT2D eigenvalue weighted by atomic mass is 9.57. The van der Waals surface area contributed by atoms with Crippen molar-refractivity contribution in [3.63, 3.8) is 0 Å². The Morgan fingerprint density at radius 2 is 2.09 bits per heavy atom. The molecule has 0 saturated heterocycles. The van der Waals surface area contributed by atoms with E-state index < -0.39 is 0 Å². The number of phenolic OH excluding ortho intramolecular Hbond substituents is 1. The summed E-state index contributed by atoms with van der Waals surface area (Å²) in [7, 11) is 0. The number of phenols is 1. The molecule has 124 valence electrons. The molecule has 1 aromatic rings. The first-order valence-electron chi connectivity index (χ1n) is 8.90. The predicted octanol–water partition coefficient (Wildman–Crippen LogP) is 4.09.